The van der Waals surface area contributed by atoms with Crippen molar-refractivity contribution in [1.29, 1.82) is 0 Å². The number of nitrogens with zero attached hydrogens (tertiary/aromatic N) is 4. The zero-order valence-corrected chi connectivity index (χ0v) is 12.6. The Hall–Kier alpha value is -2.99. The Bertz CT molecular complexity index is 769. The van der Waals surface area contributed by atoms with Crippen LogP contribution in [-0.4, -0.2) is 26.8 Å². The average molecular weight is 307 g/mol. The van der Waals surface area contributed by atoms with Crippen LogP contribution in [0, 0.1) is 0 Å². The first-order valence-corrected chi connectivity index (χ1v) is 7.29. The molecule has 0 saturated heterocycles. The maximum atomic E-state index is 5.83. The van der Waals surface area contributed by atoms with Crippen LogP contribution in [-0.2, 0) is 6.54 Å². The summed E-state index contributed by atoms with van der Waals surface area (Å²) in [4.78, 5) is 0. The second-order valence-corrected chi connectivity index (χ2v) is 4.88. The smallest absolute Gasteiger partial charge is 0.345 e. The second kappa shape index (κ2) is 7.33. The van der Waals surface area contributed by atoms with E-state index < -0.39 is 0 Å². The highest BCUT2D eigenvalue weighted by Crippen LogP contribution is 2.21. The van der Waals surface area contributed by atoms with E-state index in [4.69, 9.17) is 4.74 Å². The summed E-state index contributed by atoms with van der Waals surface area (Å²) in [6.07, 6.45) is 1.83. The fourth-order valence-corrected chi connectivity index (χ4v) is 2.12. The Labute approximate surface area is 134 Å². The van der Waals surface area contributed by atoms with Gasteiger partial charge < -0.3 is 10.1 Å². The number of para-hydroxylation sites is 1. The summed E-state index contributed by atoms with van der Waals surface area (Å²) in [5.41, 5.74) is 1.96. The lowest BCUT2D eigenvalue weighted by Crippen LogP contribution is -2.12. The summed E-state index contributed by atoms with van der Waals surface area (Å²) in [5, 5.41) is 14.9. The van der Waals surface area contributed by atoms with E-state index in [0.29, 0.717) is 11.8 Å². The first-order valence-electron chi connectivity index (χ1n) is 7.29. The van der Waals surface area contributed by atoms with Gasteiger partial charge in [0.25, 0.3) is 0 Å². The molecule has 1 N–H and O–H groups in total. The van der Waals surface area contributed by atoms with Gasteiger partial charge in [0.05, 0.1) is 5.69 Å². The minimum Gasteiger partial charge on any atom is -0.423 e. The third-order valence-corrected chi connectivity index (χ3v) is 3.17. The highest BCUT2D eigenvalue weighted by molar-refractivity contribution is 5.34. The maximum Gasteiger partial charge on any atom is 0.345 e. The van der Waals surface area contributed by atoms with Gasteiger partial charge >= 0.3 is 6.01 Å². The van der Waals surface area contributed by atoms with Gasteiger partial charge in [-0.15, -0.1) is 6.58 Å². The molecule has 0 aliphatic heterocycles. The molecule has 0 amide bonds. The lowest BCUT2D eigenvalue weighted by molar-refractivity contribution is 0.426. The number of aromatic nitrogens is 4. The van der Waals surface area contributed by atoms with Crippen LogP contribution in [0.15, 0.2) is 67.3 Å². The van der Waals surface area contributed by atoms with Crippen molar-refractivity contribution in [3.63, 3.8) is 0 Å². The SMILES string of the molecule is C=CCNCc1cccc(Oc2nnnn2-c2ccccc2)c1. The molecule has 0 radical (unpaired) electrons. The van der Waals surface area contributed by atoms with E-state index in [1.54, 1.807) is 4.68 Å². The van der Waals surface area contributed by atoms with Crippen molar-refractivity contribution in [2.24, 2.45) is 0 Å². The maximum absolute atomic E-state index is 5.83. The third-order valence-electron chi connectivity index (χ3n) is 3.17. The van der Waals surface area contributed by atoms with Gasteiger partial charge in [-0.25, -0.2) is 0 Å². The summed E-state index contributed by atoms with van der Waals surface area (Å²) in [6, 6.07) is 17.7. The zero-order valence-electron chi connectivity index (χ0n) is 12.6. The molecule has 0 spiro atoms. The molecular formula is C17H17N5O. The van der Waals surface area contributed by atoms with E-state index >= 15 is 0 Å². The first-order chi connectivity index (χ1) is 11.4. The summed E-state index contributed by atoms with van der Waals surface area (Å²) in [7, 11) is 0. The number of rotatable bonds is 7. The van der Waals surface area contributed by atoms with E-state index in [-0.39, 0.29) is 0 Å². The fraction of sp³-hybridized carbons (Fsp3) is 0.118. The van der Waals surface area contributed by atoms with Crippen molar-refractivity contribution in [3.8, 4) is 17.4 Å². The highest BCUT2D eigenvalue weighted by atomic mass is 16.5. The molecule has 2 aromatic carbocycles. The summed E-state index contributed by atoms with van der Waals surface area (Å²) in [5.74, 6) is 0.690. The minimum atomic E-state index is 0.326. The first kappa shape index (κ1) is 14.9. The molecule has 3 aromatic rings. The van der Waals surface area contributed by atoms with E-state index in [1.807, 2.05) is 60.7 Å². The molecule has 0 saturated carbocycles. The van der Waals surface area contributed by atoms with Crippen molar-refractivity contribution in [2.75, 3.05) is 6.54 Å². The number of benzene rings is 2. The lowest BCUT2D eigenvalue weighted by Gasteiger charge is -2.08. The van der Waals surface area contributed by atoms with Crippen LogP contribution < -0.4 is 10.1 Å². The van der Waals surface area contributed by atoms with Crippen molar-refractivity contribution in [1.82, 2.24) is 25.5 Å². The van der Waals surface area contributed by atoms with Crippen LogP contribution >= 0.6 is 0 Å². The van der Waals surface area contributed by atoms with Crippen LogP contribution in [0.4, 0.5) is 0 Å². The molecule has 23 heavy (non-hydrogen) atoms. The van der Waals surface area contributed by atoms with E-state index in [2.05, 4.69) is 27.4 Å². The monoisotopic (exact) mass is 307 g/mol. The normalized spacial score (nSPS) is 10.4. The summed E-state index contributed by atoms with van der Waals surface area (Å²) < 4.78 is 7.39. The molecule has 116 valence electrons. The Morgan fingerprint density at radius 2 is 2.00 bits per heavy atom. The third kappa shape index (κ3) is 3.81. The van der Waals surface area contributed by atoms with Crippen LogP contribution in [0.25, 0.3) is 5.69 Å². The number of nitrogens with one attached hydrogen (secondary N) is 1. The molecule has 6 nitrogen and oxygen atoms in total. The molecule has 3 rings (SSSR count). The van der Waals surface area contributed by atoms with E-state index in [0.717, 1.165) is 24.3 Å². The Morgan fingerprint density at radius 3 is 2.83 bits per heavy atom. The topological polar surface area (TPSA) is 64.9 Å². The fourth-order valence-electron chi connectivity index (χ4n) is 2.12. The molecule has 0 aliphatic rings. The summed E-state index contributed by atoms with van der Waals surface area (Å²) in [6.45, 7) is 5.19. The van der Waals surface area contributed by atoms with Crippen molar-refractivity contribution >= 4 is 0 Å². The second-order valence-electron chi connectivity index (χ2n) is 4.88. The average Bonchev–Trinajstić information content (AvgIpc) is 3.04. The molecule has 0 fully saturated rings. The Kier molecular flexibility index (Phi) is 4.76. The molecule has 1 heterocycles. The largest absolute Gasteiger partial charge is 0.423 e. The van der Waals surface area contributed by atoms with Crippen molar-refractivity contribution < 1.29 is 4.74 Å². The van der Waals surface area contributed by atoms with Crippen LogP contribution in [0.3, 0.4) is 0 Å². The zero-order chi connectivity index (χ0) is 15.9. The van der Waals surface area contributed by atoms with Crippen molar-refractivity contribution in [3.05, 3.63) is 72.8 Å². The number of ether oxygens (including phenoxy) is 1. The number of hydrogen-bond acceptors (Lipinski definition) is 5. The van der Waals surface area contributed by atoms with Gasteiger partial charge in [-0.3, -0.25) is 0 Å². The van der Waals surface area contributed by atoms with Gasteiger partial charge in [-0.2, -0.15) is 4.68 Å². The van der Waals surface area contributed by atoms with Gasteiger partial charge in [-0.1, -0.05) is 41.5 Å². The van der Waals surface area contributed by atoms with Gasteiger partial charge in [0.15, 0.2) is 0 Å². The minimum absolute atomic E-state index is 0.326. The number of tetrazole rings is 1. The molecule has 0 unspecified atom stereocenters. The van der Waals surface area contributed by atoms with Crippen molar-refractivity contribution in [2.45, 2.75) is 6.54 Å². The van der Waals surface area contributed by atoms with E-state index in [1.165, 1.54) is 0 Å². The standard InChI is InChI=1S/C17H17N5O/c1-2-11-18-13-14-7-6-10-16(12-14)23-17-19-20-21-22(17)15-8-4-3-5-9-15/h2-10,12,18H,1,11,13H2. The van der Waals surface area contributed by atoms with Crippen LogP contribution in [0.2, 0.25) is 0 Å². The van der Waals surface area contributed by atoms with Gasteiger partial charge in [0.2, 0.25) is 0 Å². The molecular weight excluding hydrogens is 290 g/mol. The lowest BCUT2D eigenvalue weighted by atomic mass is 10.2. The molecule has 0 aliphatic carbocycles. The van der Waals surface area contributed by atoms with Crippen LogP contribution in [0.5, 0.6) is 11.8 Å². The van der Waals surface area contributed by atoms with Gasteiger partial charge in [-0.05, 0) is 40.3 Å². The molecule has 0 bridgehead atoms. The van der Waals surface area contributed by atoms with Gasteiger partial charge in [0, 0.05) is 13.1 Å². The molecule has 0 atom stereocenters. The highest BCUT2D eigenvalue weighted by Gasteiger charge is 2.10. The Balaban J connectivity index is 1.77. The summed E-state index contributed by atoms with van der Waals surface area (Å²) >= 11 is 0. The predicted octanol–water partition coefficient (Wildman–Crippen LogP) is 2.73. The van der Waals surface area contributed by atoms with Crippen LogP contribution in [0.1, 0.15) is 5.56 Å². The quantitative estimate of drug-likeness (QED) is 0.537. The molecule has 1 aromatic heterocycles. The molecule has 6 heteroatoms. The van der Waals surface area contributed by atoms with Gasteiger partial charge in [0.1, 0.15) is 5.75 Å². The van der Waals surface area contributed by atoms with E-state index in [9.17, 15) is 0 Å². The Morgan fingerprint density at radius 1 is 1.13 bits per heavy atom. The number of hydrogen-bond donors (Lipinski definition) is 1. The predicted molar refractivity (Wildman–Crippen MR) is 87.6 cm³/mol.